The lowest BCUT2D eigenvalue weighted by Gasteiger charge is -2.13. The number of hydrogen-bond acceptors (Lipinski definition) is 3. The molecular formula is C18H19NO2. The topological polar surface area (TPSA) is 38.3 Å². The number of benzene rings is 2. The van der Waals surface area contributed by atoms with Gasteiger partial charge in [0.1, 0.15) is 5.75 Å². The van der Waals surface area contributed by atoms with Crippen molar-refractivity contribution >= 4 is 18.0 Å². The number of nitrogens with one attached hydrogen (secondary N) is 1. The highest BCUT2D eigenvalue weighted by Gasteiger charge is 2.06. The highest BCUT2D eigenvalue weighted by Crippen LogP contribution is 2.23. The maximum Gasteiger partial charge on any atom is 0.150 e. The van der Waals surface area contributed by atoms with Crippen molar-refractivity contribution in [2.24, 2.45) is 0 Å². The van der Waals surface area contributed by atoms with Crippen LogP contribution in [-0.4, -0.2) is 13.4 Å². The predicted molar refractivity (Wildman–Crippen MR) is 86.9 cm³/mol. The van der Waals surface area contributed by atoms with Crippen molar-refractivity contribution in [3.8, 4) is 5.75 Å². The van der Waals surface area contributed by atoms with E-state index in [1.54, 1.807) is 7.11 Å². The van der Waals surface area contributed by atoms with Crippen molar-refractivity contribution in [1.82, 2.24) is 0 Å². The number of carbonyl (C=O) groups excluding carboxylic acids is 1. The Morgan fingerprint density at radius 3 is 2.67 bits per heavy atom. The van der Waals surface area contributed by atoms with Gasteiger partial charge in [0.15, 0.2) is 6.29 Å². The van der Waals surface area contributed by atoms with E-state index in [-0.39, 0.29) is 0 Å². The van der Waals surface area contributed by atoms with Crippen LogP contribution in [0.2, 0.25) is 0 Å². The molecule has 0 radical (unpaired) electrons. The number of para-hydroxylation sites is 1. The quantitative estimate of drug-likeness (QED) is 0.808. The molecule has 0 saturated heterocycles. The van der Waals surface area contributed by atoms with Crippen LogP contribution in [0.4, 0.5) is 5.69 Å². The van der Waals surface area contributed by atoms with Gasteiger partial charge in [-0.05, 0) is 19.1 Å². The summed E-state index contributed by atoms with van der Waals surface area (Å²) in [6.07, 6.45) is 4.74. The minimum atomic E-state index is 0.636. The van der Waals surface area contributed by atoms with Gasteiger partial charge in [-0.1, -0.05) is 42.5 Å². The van der Waals surface area contributed by atoms with E-state index in [4.69, 9.17) is 4.74 Å². The first-order valence-electron chi connectivity index (χ1n) is 6.86. The number of aldehydes is 1. The van der Waals surface area contributed by atoms with Crippen LogP contribution in [0.5, 0.6) is 5.75 Å². The summed E-state index contributed by atoms with van der Waals surface area (Å²) in [5, 5.41) is 3.37. The number of rotatable bonds is 6. The molecule has 3 heteroatoms. The molecule has 0 unspecified atom stereocenters. The molecule has 2 aromatic rings. The summed E-state index contributed by atoms with van der Waals surface area (Å²) in [5.41, 5.74) is 3.59. The average Bonchev–Trinajstić information content (AvgIpc) is 2.54. The minimum Gasteiger partial charge on any atom is -0.496 e. The molecule has 0 aliphatic rings. The summed E-state index contributed by atoms with van der Waals surface area (Å²) in [6.45, 7) is 2.57. The fourth-order valence-electron chi connectivity index (χ4n) is 2.23. The van der Waals surface area contributed by atoms with Gasteiger partial charge >= 0.3 is 0 Å². The van der Waals surface area contributed by atoms with Crippen LogP contribution in [0.15, 0.2) is 48.5 Å². The number of hydrogen-bond donors (Lipinski definition) is 1. The van der Waals surface area contributed by atoms with Gasteiger partial charge in [-0.15, -0.1) is 0 Å². The first-order chi connectivity index (χ1) is 10.3. The summed E-state index contributed by atoms with van der Waals surface area (Å²) >= 11 is 0. The van der Waals surface area contributed by atoms with E-state index in [0.717, 1.165) is 28.8 Å². The molecule has 0 fully saturated rings. The van der Waals surface area contributed by atoms with Gasteiger partial charge < -0.3 is 10.1 Å². The predicted octanol–water partition coefficient (Wildman–Crippen LogP) is 4.15. The van der Waals surface area contributed by atoms with Gasteiger partial charge in [-0.25, -0.2) is 0 Å². The first-order valence-corrected chi connectivity index (χ1v) is 6.86. The van der Waals surface area contributed by atoms with E-state index in [9.17, 15) is 4.79 Å². The van der Waals surface area contributed by atoms with Crippen molar-refractivity contribution in [2.75, 3.05) is 12.4 Å². The minimum absolute atomic E-state index is 0.636. The molecule has 0 aromatic heterocycles. The molecule has 108 valence electrons. The third kappa shape index (κ3) is 3.51. The van der Waals surface area contributed by atoms with Gasteiger partial charge in [-0.3, -0.25) is 4.79 Å². The van der Waals surface area contributed by atoms with E-state index in [1.165, 1.54) is 0 Å². The second-order valence-corrected chi connectivity index (χ2v) is 4.59. The van der Waals surface area contributed by atoms with Crippen LogP contribution in [0.1, 0.15) is 28.4 Å². The standard InChI is InChI=1S/C18H19NO2/c1-3-7-16-15(13-20)9-6-10-17(16)19-12-14-8-4-5-11-18(14)21-2/h3-11,13,19H,12H2,1-2H3/b7-3-. The van der Waals surface area contributed by atoms with E-state index in [0.29, 0.717) is 12.1 Å². The van der Waals surface area contributed by atoms with Crippen molar-refractivity contribution in [3.05, 3.63) is 65.2 Å². The fourth-order valence-corrected chi connectivity index (χ4v) is 2.23. The second kappa shape index (κ2) is 7.29. The Balaban J connectivity index is 2.26. The average molecular weight is 281 g/mol. The fraction of sp³-hybridized carbons (Fsp3) is 0.167. The highest BCUT2D eigenvalue weighted by atomic mass is 16.5. The smallest absolute Gasteiger partial charge is 0.150 e. The summed E-state index contributed by atoms with van der Waals surface area (Å²) in [5.74, 6) is 0.851. The van der Waals surface area contributed by atoms with Gasteiger partial charge in [0.2, 0.25) is 0 Å². The molecule has 2 aromatic carbocycles. The zero-order valence-electron chi connectivity index (χ0n) is 12.3. The monoisotopic (exact) mass is 281 g/mol. The van der Waals surface area contributed by atoms with Gasteiger partial charge in [0, 0.05) is 28.9 Å². The van der Waals surface area contributed by atoms with E-state index >= 15 is 0 Å². The molecule has 0 heterocycles. The Bertz CT molecular complexity index is 647. The molecule has 0 atom stereocenters. The Morgan fingerprint density at radius 2 is 1.95 bits per heavy atom. The zero-order valence-corrected chi connectivity index (χ0v) is 12.3. The van der Waals surface area contributed by atoms with E-state index < -0.39 is 0 Å². The Kier molecular flexibility index (Phi) is 5.16. The van der Waals surface area contributed by atoms with Crippen LogP contribution in [0, 0.1) is 0 Å². The normalized spacial score (nSPS) is 10.6. The van der Waals surface area contributed by atoms with Crippen molar-refractivity contribution in [3.63, 3.8) is 0 Å². The second-order valence-electron chi connectivity index (χ2n) is 4.59. The third-order valence-corrected chi connectivity index (χ3v) is 3.26. The van der Waals surface area contributed by atoms with Crippen molar-refractivity contribution in [2.45, 2.75) is 13.5 Å². The molecule has 2 rings (SSSR count). The lowest BCUT2D eigenvalue weighted by Crippen LogP contribution is -2.04. The third-order valence-electron chi connectivity index (χ3n) is 3.26. The number of allylic oxidation sites excluding steroid dienone is 1. The van der Waals surface area contributed by atoms with Crippen molar-refractivity contribution in [1.29, 1.82) is 0 Å². The van der Waals surface area contributed by atoms with Crippen LogP contribution < -0.4 is 10.1 Å². The lowest BCUT2D eigenvalue weighted by atomic mass is 10.1. The molecule has 0 aliphatic carbocycles. The Labute approximate surface area is 125 Å². The SMILES string of the molecule is C/C=C\c1c(C=O)cccc1NCc1ccccc1OC. The van der Waals surface area contributed by atoms with Crippen molar-refractivity contribution < 1.29 is 9.53 Å². The molecule has 0 saturated carbocycles. The molecule has 1 N–H and O–H groups in total. The van der Waals surface area contributed by atoms with E-state index in [2.05, 4.69) is 5.32 Å². The largest absolute Gasteiger partial charge is 0.496 e. The number of carbonyl (C=O) groups is 1. The lowest BCUT2D eigenvalue weighted by molar-refractivity contribution is 0.112. The highest BCUT2D eigenvalue weighted by molar-refractivity contribution is 5.86. The number of methoxy groups -OCH3 is 1. The number of anilines is 1. The van der Waals surface area contributed by atoms with Gasteiger partial charge in [0.25, 0.3) is 0 Å². The molecular weight excluding hydrogens is 262 g/mol. The zero-order chi connectivity index (χ0) is 15.1. The molecule has 21 heavy (non-hydrogen) atoms. The number of ether oxygens (including phenoxy) is 1. The van der Waals surface area contributed by atoms with Crippen LogP contribution in [0.3, 0.4) is 0 Å². The van der Waals surface area contributed by atoms with Crippen LogP contribution in [0.25, 0.3) is 6.08 Å². The summed E-state index contributed by atoms with van der Waals surface area (Å²) in [6, 6.07) is 13.5. The van der Waals surface area contributed by atoms with Crippen LogP contribution >= 0.6 is 0 Å². The Hall–Kier alpha value is -2.55. The maximum absolute atomic E-state index is 11.1. The van der Waals surface area contributed by atoms with Gasteiger partial charge in [0.05, 0.1) is 7.11 Å². The Morgan fingerprint density at radius 1 is 1.14 bits per heavy atom. The van der Waals surface area contributed by atoms with Crippen LogP contribution in [-0.2, 0) is 6.54 Å². The summed E-state index contributed by atoms with van der Waals surface area (Å²) in [7, 11) is 1.66. The molecule has 0 spiro atoms. The molecule has 0 aliphatic heterocycles. The maximum atomic E-state index is 11.1. The van der Waals surface area contributed by atoms with Gasteiger partial charge in [-0.2, -0.15) is 0 Å². The summed E-state index contributed by atoms with van der Waals surface area (Å²) < 4.78 is 5.35. The van der Waals surface area contributed by atoms with E-state index in [1.807, 2.05) is 61.5 Å². The molecule has 0 bridgehead atoms. The molecule has 3 nitrogen and oxygen atoms in total. The molecule has 0 amide bonds. The summed E-state index contributed by atoms with van der Waals surface area (Å²) in [4.78, 5) is 11.1. The first kappa shape index (κ1) is 14.9.